The van der Waals surface area contributed by atoms with Gasteiger partial charge in [0.05, 0.1) is 0 Å². The van der Waals surface area contributed by atoms with Gasteiger partial charge in [-0.25, -0.2) is 0 Å². The molecule has 1 heterocycles. The zero-order chi connectivity index (χ0) is 8.97. The zero-order valence-corrected chi connectivity index (χ0v) is 8.56. The molecule has 2 heteroatoms. The van der Waals surface area contributed by atoms with E-state index < -0.39 is 0 Å². The van der Waals surface area contributed by atoms with Crippen LogP contribution in [-0.4, -0.2) is 24.7 Å². The smallest absolute Gasteiger partial charge is 0.00963 e. The number of rotatable bonds is 3. The second kappa shape index (κ2) is 4.83. The third-order valence-electron chi connectivity index (χ3n) is 2.76. The summed E-state index contributed by atoms with van der Waals surface area (Å²) < 4.78 is 0. The van der Waals surface area contributed by atoms with Gasteiger partial charge in [0, 0.05) is 18.1 Å². The molecule has 0 amide bonds. The first-order chi connectivity index (χ1) is 5.72. The Balaban J connectivity index is 2.22. The molecule has 2 N–H and O–H groups in total. The van der Waals surface area contributed by atoms with E-state index in [-0.39, 0.29) is 0 Å². The second-order valence-corrected chi connectivity index (χ2v) is 4.05. The van der Waals surface area contributed by atoms with Crippen molar-refractivity contribution in [1.29, 1.82) is 0 Å². The monoisotopic (exact) mass is 170 g/mol. The van der Waals surface area contributed by atoms with Gasteiger partial charge in [0.25, 0.3) is 0 Å². The van der Waals surface area contributed by atoms with Crippen LogP contribution in [0.2, 0.25) is 0 Å². The van der Waals surface area contributed by atoms with Crippen molar-refractivity contribution in [3.8, 4) is 0 Å². The highest BCUT2D eigenvalue weighted by molar-refractivity contribution is 4.81. The van der Waals surface area contributed by atoms with Crippen LogP contribution in [0.15, 0.2) is 0 Å². The van der Waals surface area contributed by atoms with Gasteiger partial charge in [0.15, 0.2) is 0 Å². The molecule has 1 rings (SSSR count). The van der Waals surface area contributed by atoms with Crippen molar-refractivity contribution < 1.29 is 0 Å². The summed E-state index contributed by atoms with van der Waals surface area (Å²) in [5.41, 5.74) is 0. The minimum Gasteiger partial charge on any atom is -0.314 e. The fraction of sp³-hybridized carbons (Fsp3) is 1.00. The molecule has 0 bridgehead atoms. The van der Waals surface area contributed by atoms with E-state index in [4.69, 9.17) is 0 Å². The summed E-state index contributed by atoms with van der Waals surface area (Å²) in [6, 6.07) is 2.12. The Bertz CT molecular complexity index is 125. The average Bonchev–Trinajstić information content (AvgIpc) is 2.04. The van der Waals surface area contributed by atoms with Crippen LogP contribution in [0.4, 0.5) is 0 Å². The van der Waals surface area contributed by atoms with Crippen LogP contribution in [-0.2, 0) is 0 Å². The van der Waals surface area contributed by atoms with Crippen LogP contribution in [0.1, 0.15) is 40.0 Å². The molecule has 1 saturated heterocycles. The quantitative estimate of drug-likeness (QED) is 0.671. The Kier molecular flexibility index (Phi) is 4.02. The molecule has 12 heavy (non-hydrogen) atoms. The zero-order valence-electron chi connectivity index (χ0n) is 8.56. The first kappa shape index (κ1) is 10.0. The second-order valence-electron chi connectivity index (χ2n) is 4.05. The van der Waals surface area contributed by atoms with Crippen molar-refractivity contribution in [2.45, 2.75) is 58.2 Å². The van der Waals surface area contributed by atoms with Crippen molar-refractivity contribution in [2.75, 3.05) is 6.54 Å². The Labute approximate surface area is 76.1 Å². The maximum Gasteiger partial charge on any atom is 0.00963 e. The van der Waals surface area contributed by atoms with Gasteiger partial charge in [-0.2, -0.15) is 0 Å². The third kappa shape index (κ3) is 3.11. The molecule has 1 fully saturated rings. The summed E-state index contributed by atoms with van der Waals surface area (Å²) in [7, 11) is 0. The predicted molar refractivity (Wildman–Crippen MR) is 53.4 cm³/mol. The molecule has 0 aromatic heterocycles. The van der Waals surface area contributed by atoms with Crippen molar-refractivity contribution in [3.63, 3.8) is 0 Å². The minimum atomic E-state index is 0.681. The predicted octanol–water partition coefficient (Wildman–Crippen LogP) is 1.51. The van der Waals surface area contributed by atoms with E-state index in [0.717, 1.165) is 6.04 Å². The van der Waals surface area contributed by atoms with Gasteiger partial charge in [0.1, 0.15) is 0 Å². The lowest BCUT2D eigenvalue weighted by atomic mass is 9.99. The summed E-state index contributed by atoms with van der Waals surface area (Å²) in [4.78, 5) is 0. The standard InChI is InChI=1S/C10H22N2/c1-4-8(2)12-10-5-6-11-9(3)7-10/h8-12H,4-7H2,1-3H3. The summed E-state index contributed by atoms with van der Waals surface area (Å²) >= 11 is 0. The largest absolute Gasteiger partial charge is 0.314 e. The van der Waals surface area contributed by atoms with Gasteiger partial charge in [0.2, 0.25) is 0 Å². The minimum absolute atomic E-state index is 0.681. The molecule has 0 aromatic carbocycles. The molecule has 0 spiro atoms. The Hall–Kier alpha value is -0.0800. The maximum atomic E-state index is 3.66. The van der Waals surface area contributed by atoms with Crippen LogP contribution >= 0.6 is 0 Å². The molecule has 3 atom stereocenters. The van der Waals surface area contributed by atoms with Crippen LogP contribution in [0.5, 0.6) is 0 Å². The lowest BCUT2D eigenvalue weighted by Crippen LogP contribution is -2.47. The summed E-state index contributed by atoms with van der Waals surface area (Å²) in [5, 5.41) is 7.12. The number of nitrogens with one attached hydrogen (secondary N) is 2. The third-order valence-corrected chi connectivity index (χ3v) is 2.76. The molecule has 2 nitrogen and oxygen atoms in total. The van der Waals surface area contributed by atoms with E-state index in [1.807, 2.05) is 0 Å². The van der Waals surface area contributed by atoms with Crippen LogP contribution < -0.4 is 10.6 Å². The van der Waals surface area contributed by atoms with Crippen LogP contribution in [0.25, 0.3) is 0 Å². The van der Waals surface area contributed by atoms with Crippen LogP contribution in [0.3, 0.4) is 0 Å². The first-order valence-corrected chi connectivity index (χ1v) is 5.21. The SMILES string of the molecule is CCC(C)NC1CCNC(C)C1. The molecule has 72 valence electrons. The van der Waals surface area contributed by atoms with E-state index >= 15 is 0 Å². The highest BCUT2D eigenvalue weighted by atomic mass is 15.0. The van der Waals surface area contributed by atoms with Gasteiger partial charge in [-0.05, 0) is 39.7 Å². The Morgan fingerprint density at radius 3 is 2.92 bits per heavy atom. The maximum absolute atomic E-state index is 3.66. The number of hydrogen-bond acceptors (Lipinski definition) is 2. The molecule has 0 radical (unpaired) electrons. The highest BCUT2D eigenvalue weighted by Crippen LogP contribution is 2.09. The van der Waals surface area contributed by atoms with Gasteiger partial charge in [-0.15, -0.1) is 0 Å². The first-order valence-electron chi connectivity index (χ1n) is 5.21. The van der Waals surface area contributed by atoms with E-state index in [9.17, 15) is 0 Å². The van der Waals surface area contributed by atoms with Crippen molar-refractivity contribution in [2.24, 2.45) is 0 Å². The van der Waals surface area contributed by atoms with E-state index in [1.54, 1.807) is 0 Å². The topological polar surface area (TPSA) is 24.1 Å². The molecule has 0 aromatic rings. The van der Waals surface area contributed by atoms with E-state index in [1.165, 1.54) is 25.8 Å². The molecule has 0 aliphatic carbocycles. The molecule has 0 saturated carbocycles. The Morgan fingerprint density at radius 1 is 1.58 bits per heavy atom. The van der Waals surface area contributed by atoms with Crippen molar-refractivity contribution in [3.05, 3.63) is 0 Å². The highest BCUT2D eigenvalue weighted by Gasteiger charge is 2.18. The van der Waals surface area contributed by atoms with Gasteiger partial charge in [-0.3, -0.25) is 0 Å². The summed E-state index contributed by atoms with van der Waals surface area (Å²) in [6.45, 7) is 7.95. The molecular weight excluding hydrogens is 148 g/mol. The van der Waals surface area contributed by atoms with Crippen molar-refractivity contribution in [1.82, 2.24) is 10.6 Å². The Morgan fingerprint density at radius 2 is 2.33 bits per heavy atom. The van der Waals surface area contributed by atoms with Crippen molar-refractivity contribution >= 4 is 0 Å². The molecule has 1 aliphatic heterocycles. The fourth-order valence-electron chi connectivity index (χ4n) is 1.80. The number of hydrogen-bond donors (Lipinski definition) is 2. The van der Waals surface area contributed by atoms with E-state index in [0.29, 0.717) is 12.1 Å². The van der Waals surface area contributed by atoms with Gasteiger partial charge < -0.3 is 10.6 Å². The lowest BCUT2D eigenvalue weighted by Gasteiger charge is -2.30. The van der Waals surface area contributed by atoms with Gasteiger partial charge >= 0.3 is 0 Å². The fourth-order valence-corrected chi connectivity index (χ4v) is 1.80. The number of piperidine rings is 1. The normalized spacial score (nSPS) is 33.2. The molecular formula is C10H22N2. The summed E-state index contributed by atoms with van der Waals surface area (Å²) in [6.07, 6.45) is 3.80. The van der Waals surface area contributed by atoms with E-state index in [2.05, 4.69) is 31.4 Å². The van der Waals surface area contributed by atoms with Gasteiger partial charge in [-0.1, -0.05) is 6.92 Å². The average molecular weight is 170 g/mol. The molecule has 1 aliphatic rings. The lowest BCUT2D eigenvalue weighted by molar-refractivity contribution is 0.309. The van der Waals surface area contributed by atoms with Crippen LogP contribution in [0, 0.1) is 0 Å². The summed E-state index contributed by atoms with van der Waals surface area (Å²) in [5.74, 6) is 0. The molecule has 3 unspecified atom stereocenters.